The first-order valence-corrected chi connectivity index (χ1v) is 7.41. The van der Waals surface area contributed by atoms with Gasteiger partial charge in [0.25, 0.3) is 0 Å². The van der Waals surface area contributed by atoms with Crippen LogP contribution in [-0.2, 0) is 9.53 Å². The van der Waals surface area contributed by atoms with Gasteiger partial charge < -0.3 is 4.74 Å². The van der Waals surface area contributed by atoms with E-state index in [9.17, 15) is 4.79 Å². The number of hydrogen-bond acceptors (Lipinski definition) is 2. The van der Waals surface area contributed by atoms with Crippen molar-refractivity contribution in [3.63, 3.8) is 0 Å². The lowest BCUT2D eigenvalue weighted by atomic mass is 9.85. The van der Waals surface area contributed by atoms with E-state index < -0.39 is 0 Å². The highest BCUT2D eigenvalue weighted by molar-refractivity contribution is 5.73. The van der Waals surface area contributed by atoms with Crippen molar-refractivity contribution in [2.45, 2.75) is 78.2 Å². The normalized spacial score (nSPS) is 17.9. The van der Waals surface area contributed by atoms with E-state index in [-0.39, 0.29) is 18.0 Å². The molecular weight excluding hydrogens is 212 g/mol. The summed E-state index contributed by atoms with van der Waals surface area (Å²) >= 11 is 0. The summed E-state index contributed by atoms with van der Waals surface area (Å²) in [6, 6.07) is 0. The highest BCUT2D eigenvalue weighted by Gasteiger charge is 2.28. The summed E-state index contributed by atoms with van der Waals surface area (Å²) in [5.41, 5.74) is 0. The Morgan fingerprint density at radius 3 is 2.18 bits per heavy atom. The van der Waals surface area contributed by atoms with Crippen LogP contribution in [0.4, 0.5) is 0 Å². The zero-order valence-electron chi connectivity index (χ0n) is 11.7. The summed E-state index contributed by atoms with van der Waals surface area (Å²) in [4.78, 5) is 11.8. The minimum atomic E-state index is 0.0626. The summed E-state index contributed by atoms with van der Waals surface area (Å²) in [6.07, 6.45) is 9.12. The molecule has 1 unspecified atom stereocenters. The number of hydrogen-bond donors (Lipinski definition) is 0. The molecule has 0 aliphatic heterocycles. The fourth-order valence-electron chi connectivity index (χ4n) is 2.37. The first-order valence-electron chi connectivity index (χ1n) is 7.41. The summed E-state index contributed by atoms with van der Waals surface area (Å²) < 4.78 is 5.60. The third-order valence-electron chi connectivity index (χ3n) is 4.23. The fourth-order valence-corrected chi connectivity index (χ4v) is 2.37. The SMILES string of the molecule is CCC(CC)CCC(CC)OC(=O)C1CCC1. The number of carbonyl (C=O) groups is 1. The quantitative estimate of drug-likeness (QED) is 0.590. The van der Waals surface area contributed by atoms with Gasteiger partial charge in [0.1, 0.15) is 6.10 Å². The predicted molar refractivity (Wildman–Crippen MR) is 70.8 cm³/mol. The molecule has 1 aliphatic rings. The van der Waals surface area contributed by atoms with Gasteiger partial charge >= 0.3 is 5.97 Å². The number of rotatable bonds is 8. The van der Waals surface area contributed by atoms with E-state index in [2.05, 4.69) is 20.8 Å². The van der Waals surface area contributed by atoms with Crippen LogP contribution in [-0.4, -0.2) is 12.1 Å². The fraction of sp³-hybridized carbons (Fsp3) is 0.933. The Balaban J connectivity index is 2.24. The van der Waals surface area contributed by atoms with E-state index in [4.69, 9.17) is 4.74 Å². The maximum atomic E-state index is 11.8. The standard InChI is InChI=1S/C15H28O2/c1-4-12(5-2)10-11-14(6-3)17-15(16)13-8-7-9-13/h12-14H,4-11H2,1-3H3. The molecule has 1 fully saturated rings. The van der Waals surface area contributed by atoms with Gasteiger partial charge in [0.2, 0.25) is 0 Å². The molecule has 0 saturated heterocycles. The van der Waals surface area contributed by atoms with Gasteiger partial charge in [-0.3, -0.25) is 4.79 Å². The van der Waals surface area contributed by atoms with E-state index in [0.29, 0.717) is 0 Å². The molecule has 0 bridgehead atoms. The zero-order valence-corrected chi connectivity index (χ0v) is 11.7. The van der Waals surface area contributed by atoms with Crippen molar-refractivity contribution in [1.29, 1.82) is 0 Å². The van der Waals surface area contributed by atoms with Crippen LogP contribution in [0.25, 0.3) is 0 Å². The number of carbonyl (C=O) groups excluding carboxylic acids is 1. The second-order valence-electron chi connectivity index (χ2n) is 5.35. The van der Waals surface area contributed by atoms with Gasteiger partial charge in [-0.2, -0.15) is 0 Å². The van der Waals surface area contributed by atoms with Crippen LogP contribution < -0.4 is 0 Å². The average molecular weight is 240 g/mol. The lowest BCUT2D eigenvalue weighted by molar-refractivity contribution is -0.157. The second kappa shape index (κ2) is 7.73. The van der Waals surface area contributed by atoms with Crippen molar-refractivity contribution in [3.8, 4) is 0 Å². The molecule has 0 aromatic carbocycles. The third kappa shape index (κ3) is 4.69. The smallest absolute Gasteiger partial charge is 0.309 e. The van der Waals surface area contributed by atoms with Crippen LogP contribution in [0.1, 0.15) is 72.1 Å². The Bertz CT molecular complexity index is 217. The Labute approximate surface area is 106 Å². The molecule has 0 N–H and O–H groups in total. The first-order chi connectivity index (χ1) is 8.21. The van der Waals surface area contributed by atoms with Gasteiger partial charge in [-0.25, -0.2) is 0 Å². The largest absolute Gasteiger partial charge is 0.462 e. The molecule has 1 atom stereocenters. The monoisotopic (exact) mass is 240 g/mol. The average Bonchev–Trinajstić information content (AvgIpc) is 2.26. The van der Waals surface area contributed by atoms with Gasteiger partial charge in [0.05, 0.1) is 5.92 Å². The van der Waals surface area contributed by atoms with E-state index in [1.807, 2.05) is 0 Å². The zero-order chi connectivity index (χ0) is 12.7. The summed E-state index contributed by atoms with van der Waals surface area (Å²) in [6.45, 7) is 6.61. The molecule has 2 heteroatoms. The van der Waals surface area contributed by atoms with Crippen LogP contribution in [0.3, 0.4) is 0 Å². The second-order valence-corrected chi connectivity index (χ2v) is 5.35. The van der Waals surface area contributed by atoms with Crippen molar-refractivity contribution >= 4 is 5.97 Å². The van der Waals surface area contributed by atoms with Crippen LogP contribution >= 0.6 is 0 Å². The molecule has 0 heterocycles. The molecule has 1 saturated carbocycles. The molecule has 1 aliphatic carbocycles. The van der Waals surface area contributed by atoms with Crippen molar-refractivity contribution in [2.75, 3.05) is 0 Å². The molecule has 100 valence electrons. The van der Waals surface area contributed by atoms with Gasteiger partial charge in [-0.1, -0.05) is 40.0 Å². The molecule has 0 aromatic rings. The lowest BCUT2D eigenvalue weighted by Crippen LogP contribution is -2.28. The summed E-state index contributed by atoms with van der Waals surface area (Å²) in [5.74, 6) is 1.08. The Kier molecular flexibility index (Phi) is 6.61. The van der Waals surface area contributed by atoms with Crippen molar-refractivity contribution in [2.24, 2.45) is 11.8 Å². The van der Waals surface area contributed by atoms with Gasteiger partial charge in [0.15, 0.2) is 0 Å². The molecular formula is C15H28O2. The van der Waals surface area contributed by atoms with Crippen LogP contribution in [0.2, 0.25) is 0 Å². The minimum absolute atomic E-state index is 0.0626. The minimum Gasteiger partial charge on any atom is -0.462 e. The number of esters is 1. The molecule has 0 amide bonds. The van der Waals surface area contributed by atoms with E-state index in [0.717, 1.165) is 31.6 Å². The van der Waals surface area contributed by atoms with Crippen molar-refractivity contribution in [3.05, 3.63) is 0 Å². The van der Waals surface area contributed by atoms with Gasteiger partial charge in [-0.15, -0.1) is 0 Å². The molecule has 17 heavy (non-hydrogen) atoms. The van der Waals surface area contributed by atoms with Crippen LogP contribution in [0.15, 0.2) is 0 Å². The van der Waals surface area contributed by atoms with E-state index >= 15 is 0 Å². The molecule has 0 aromatic heterocycles. The van der Waals surface area contributed by atoms with Crippen LogP contribution in [0, 0.1) is 11.8 Å². The highest BCUT2D eigenvalue weighted by atomic mass is 16.5. The molecule has 2 nitrogen and oxygen atoms in total. The summed E-state index contributed by atoms with van der Waals surface area (Å²) in [7, 11) is 0. The van der Waals surface area contributed by atoms with Crippen molar-refractivity contribution < 1.29 is 9.53 Å². The molecule has 1 rings (SSSR count). The highest BCUT2D eigenvalue weighted by Crippen LogP contribution is 2.28. The maximum absolute atomic E-state index is 11.8. The predicted octanol–water partition coefficient (Wildman–Crippen LogP) is 4.32. The van der Waals surface area contributed by atoms with Gasteiger partial charge in [-0.05, 0) is 38.0 Å². The molecule has 0 radical (unpaired) electrons. The summed E-state index contributed by atoms with van der Waals surface area (Å²) in [5, 5.41) is 0. The Morgan fingerprint density at radius 1 is 1.12 bits per heavy atom. The maximum Gasteiger partial charge on any atom is 0.309 e. The van der Waals surface area contributed by atoms with Crippen molar-refractivity contribution in [1.82, 2.24) is 0 Å². The van der Waals surface area contributed by atoms with Crippen LogP contribution in [0.5, 0.6) is 0 Å². The first kappa shape index (κ1) is 14.5. The van der Waals surface area contributed by atoms with Gasteiger partial charge in [0, 0.05) is 0 Å². The third-order valence-corrected chi connectivity index (χ3v) is 4.23. The topological polar surface area (TPSA) is 26.3 Å². The Morgan fingerprint density at radius 2 is 1.76 bits per heavy atom. The lowest BCUT2D eigenvalue weighted by Gasteiger charge is -2.26. The Hall–Kier alpha value is -0.530. The number of ether oxygens (including phenoxy) is 1. The van der Waals surface area contributed by atoms with E-state index in [1.165, 1.54) is 25.7 Å². The van der Waals surface area contributed by atoms with E-state index in [1.54, 1.807) is 0 Å². The molecule has 0 spiro atoms.